The van der Waals surface area contributed by atoms with E-state index < -0.39 is 11.3 Å². The number of carbonyl (C=O) groups is 2. The van der Waals surface area contributed by atoms with E-state index in [0.717, 1.165) is 17.9 Å². The number of amides is 2. The van der Waals surface area contributed by atoms with Gasteiger partial charge in [0.25, 0.3) is 0 Å². The van der Waals surface area contributed by atoms with Crippen LogP contribution in [-0.2, 0) is 16.1 Å². The Morgan fingerprint density at radius 1 is 1.26 bits per heavy atom. The van der Waals surface area contributed by atoms with Gasteiger partial charge in [-0.05, 0) is 43.9 Å². The molecule has 0 bridgehead atoms. The maximum atomic E-state index is 12.8. The van der Waals surface area contributed by atoms with Gasteiger partial charge in [-0.1, -0.05) is 12.1 Å². The number of carbonyl (C=O) groups excluding carboxylic acids is 2. The predicted molar refractivity (Wildman–Crippen MR) is 101 cm³/mol. The van der Waals surface area contributed by atoms with Crippen molar-refractivity contribution in [2.45, 2.75) is 38.8 Å². The van der Waals surface area contributed by atoms with Crippen LogP contribution >= 0.6 is 0 Å². The van der Waals surface area contributed by atoms with Crippen LogP contribution < -0.4 is 10.5 Å². The SMILES string of the molecule is CCOc1ccc(CN2CCN(C(=O)C3(C(N)=O)CC3)C[C@@H]2CCO)cc1. The van der Waals surface area contributed by atoms with E-state index in [0.29, 0.717) is 45.5 Å². The number of rotatable bonds is 8. The smallest absolute Gasteiger partial charge is 0.238 e. The summed E-state index contributed by atoms with van der Waals surface area (Å²) in [5, 5.41) is 9.46. The van der Waals surface area contributed by atoms with Crippen LogP contribution in [-0.4, -0.2) is 65.6 Å². The zero-order chi connectivity index (χ0) is 19.4. The van der Waals surface area contributed by atoms with Gasteiger partial charge >= 0.3 is 0 Å². The molecule has 1 aliphatic carbocycles. The van der Waals surface area contributed by atoms with Crippen LogP contribution in [0.2, 0.25) is 0 Å². The lowest BCUT2D eigenvalue weighted by atomic mass is 10.0. The summed E-state index contributed by atoms with van der Waals surface area (Å²) >= 11 is 0. The van der Waals surface area contributed by atoms with E-state index in [1.165, 1.54) is 0 Å². The first kappa shape index (κ1) is 19.6. The molecular weight excluding hydrogens is 346 g/mol. The Bertz CT molecular complexity index is 672. The van der Waals surface area contributed by atoms with Crippen LogP contribution in [0, 0.1) is 5.41 Å². The van der Waals surface area contributed by atoms with Gasteiger partial charge in [-0.15, -0.1) is 0 Å². The number of hydrogen-bond donors (Lipinski definition) is 2. The van der Waals surface area contributed by atoms with Gasteiger partial charge in [-0.25, -0.2) is 0 Å². The van der Waals surface area contributed by atoms with Gasteiger partial charge in [0.15, 0.2) is 0 Å². The Balaban J connectivity index is 1.64. The van der Waals surface area contributed by atoms with Crippen LogP contribution in [0.3, 0.4) is 0 Å². The van der Waals surface area contributed by atoms with Crippen molar-refractivity contribution in [3.63, 3.8) is 0 Å². The molecule has 1 aromatic rings. The van der Waals surface area contributed by atoms with Gasteiger partial charge in [0.2, 0.25) is 11.8 Å². The molecule has 0 spiro atoms. The Hall–Kier alpha value is -2.12. The molecule has 3 N–H and O–H groups in total. The number of nitrogens with zero attached hydrogens (tertiary/aromatic N) is 2. The number of nitrogens with two attached hydrogens (primary N) is 1. The van der Waals surface area contributed by atoms with Crippen molar-refractivity contribution < 1.29 is 19.4 Å². The predicted octanol–water partition coefficient (Wildman–Crippen LogP) is 0.746. The average Bonchev–Trinajstić information content (AvgIpc) is 3.47. The van der Waals surface area contributed by atoms with Crippen molar-refractivity contribution >= 4 is 11.8 Å². The molecule has 1 aliphatic heterocycles. The second kappa shape index (κ2) is 8.27. The summed E-state index contributed by atoms with van der Waals surface area (Å²) in [5.41, 5.74) is 5.64. The van der Waals surface area contributed by atoms with E-state index in [1.807, 2.05) is 31.2 Å². The van der Waals surface area contributed by atoms with Crippen molar-refractivity contribution in [1.29, 1.82) is 0 Å². The van der Waals surface area contributed by atoms with E-state index in [2.05, 4.69) is 4.90 Å². The number of ether oxygens (including phenoxy) is 1. The topological polar surface area (TPSA) is 96.1 Å². The number of aliphatic hydroxyl groups is 1. The largest absolute Gasteiger partial charge is 0.494 e. The molecular formula is C20H29N3O4. The highest BCUT2D eigenvalue weighted by Gasteiger charge is 2.57. The zero-order valence-corrected chi connectivity index (χ0v) is 15.9. The average molecular weight is 375 g/mol. The molecule has 1 saturated heterocycles. The van der Waals surface area contributed by atoms with Crippen molar-refractivity contribution in [3.8, 4) is 5.75 Å². The second-order valence-electron chi connectivity index (χ2n) is 7.41. The van der Waals surface area contributed by atoms with Crippen molar-refractivity contribution in [3.05, 3.63) is 29.8 Å². The second-order valence-corrected chi connectivity index (χ2v) is 7.41. The summed E-state index contributed by atoms with van der Waals surface area (Å²) in [6.45, 7) is 5.21. The summed E-state index contributed by atoms with van der Waals surface area (Å²) < 4.78 is 5.48. The minimum Gasteiger partial charge on any atom is -0.494 e. The van der Waals surface area contributed by atoms with Gasteiger partial charge in [0, 0.05) is 38.8 Å². The normalized spacial score (nSPS) is 21.7. The lowest BCUT2D eigenvalue weighted by molar-refractivity contribution is -0.145. The van der Waals surface area contributed by atoms with E-state index in [1.54, 1.807) is 4.90 Å². The third-order valence-corrected chi connectivity index (χ3v) is 5.61. The van der Waals surface area contributed by atoms with Gasteiger partial charge in [0.05, 0.1) is 6.61 Å². The molecule has 148 valence electrons. The minimum absolute atomic E-state index is 0.0583. The molecule has 1 heterocycles. The number of hydrogen-bond acceptors (Lipinski definition) is 5. The molecule has 7 nitrogen and oxygen atoms in total. The van der Waals surface area contributed by atoms with Crippen LogP contribution in [0.5, 0.6) is 5.75 Å². The fraction of sp³-hybridized carbons (Fsp3) is 0.600. The monoisotopic (exact) mass is 375 g/mol. The molecule has 0 aromatic heterocycles. The fourth-order valence-electron chi connectivity index (χ4n) is 3.79. The van der Waals surface area contributed by atoms with Gasteiger partial charge in [-0.2, -0.15) is 0 Å². The highest BCUT2D eigenvalue weighted by molar-refractivity contribution is 6.07. The Kier molecular flexibility index (Phi) is 6.01. The highest BCUT2D eigenvalue weighted by Crippen LogP contribution is 2.47. The molecule has 1 saturated carbocycles. The fourth-order valence-corrected chi connectivity index (χ4v) is 3.79. The highest BCUT2D eigenvalue weighted by atomic mass is 16.5. The molecule has 7 heteroatoms. The first-order valence-corrected chi connectivity index (χ1v) is 9.66. The van der Waals surface area contributed by atoms with Gasteiger partial charge in [0.1, 0.15) is 11.2 Å². The van der Waals surface area contributed by atoms with E-state index in [9.17, 15) is 14.7 Å². The number of benzene rings is 1. The maximum Gasteiger partial charge on any atom is 0.238 e. The Morgan fingerprint density at radius 2 is 1.96 bits per heavy atom. The zero-order valence-electron chi connectivity index (χ0n) is 15.9. The summed E-state index contributed by atoms with van der Waals surface area (Å²) in [7, 11) is 0. The van der Waals surface area contributed by atoms with Crippen molar-refractivity contribution in [2.75, 3.05) is 32.8 Å². The summed E-state index contributed by atoms with van der Waals surface area (Å²) in [5.74, 6) is 0.200. The molecule has 2 aliphatic rings. The first-order chi connectivity index (χ1) is 13.0. The maximum absolute atomic E-state index is 12.8. The van der Waals surface area contributed by atoms with Crippen molar-refractivity contribution in [2.24, 2.45) is 11.1 Å². The first-order valence-electron chi connectivity index (χ1n) is 9.66. The van der Waals surface area contributed by atoms with Crippen LogP contribution in [0.4, 0.5) is 0 Å². The third-order valence-electron chi connectivity index (χ3n) is 5.61. The van der Waals surface area contributed by atoms with E-state index >= 15 is 0 Å². The summed E-state index contributed by atoms with van der Waals surface area (Å²) in [4.78, 5) is 28.5. The van der Waals surface area contributed by atoms with Crippen LogP contribution in [0.15, 0.2) is 24.3 Å². The Morgan fingerprint density at radius 3 is 2.52 bits per heavy atom. The van der Waals surface area contributed by atoms with Crippen LogP contribution in [0.25, 0.3) is 0 Å². The Labute approximate surface area is 160 Å². The van der Waals surface area contributed by atoms with Crippen LogP contribution in [0.1, 0.15) is 31.7 Å². The molecule has 3 rings (SSSR count). The quantitative estimate of drug-likeness (QED) is 0.654. The van der Waals surface area contributed by atoms with E-state index in [4.69, 9.17) is 10.5 Å². The molecule has 27 heavy (non-hydrogen) atoms. The lowest BCUT2D eigenvalue weighted by Crippen LogP contribution is -2.57. The van der Waals surface area contributed by atoms with Crippen molar-refractivity contribution in [1.82, 2.24) is 9.80 Å². The number of piperazine rings is 1. The standard InChI is InChI=1S/C20H29N3O4/c1-2-27-17-5-3-15(4-6-17)13-22-10-11-23(14-16(22)7-12-24)19(26)20(8-9-20)18(21)25/h3-6,16,24H,2,7-14H2,1H3,(H2,21,25)/t16-/m0/s1. The van der Waals surface area contributed by atoms with E-state index in [-0.39, 0.29) is 18.6 Å². The molecule has 2 fully saturated rings. The molecule has 2 amide bonds. The van der Waals surface area contributed by atoms with Gasteiger partial charge in [-0.3, -0.25) is 14.5 Å². The lowest BCUT2D eigenvalue weighted by Gasteiger charge is -2.42. The third kappa shape index (κ3) is 4.25. The molecule has 1 atom stereocenters. The number of primary amides is 1. The minimum atomic E-state index is -0.971. The molecule has 0 unspecified atom stereocenters. The molecule has 0 radical (unpaired) electrons. The number of aliphatic hydroxyl groups excluding tert-OH is 1. The van der Waals surface area contributed by atoms with Gasteiger partial charge < -0.3 is 20.5 Å². The summed E-state index contributed by atoms with van der Waals surface area (Å²) in [6, 6.07) is 8.07. The molecule has 1 aromatic carbocycles. The summed E-state index contributed by atoms with van der Waals surface area (Å²) in [6.07, 6.45) is 1.70.